The Balaban J connectivity index is 1.63. The first-order valence-corrected chi connectivity index (χ1v) is 9.02. The van der Waals surface area contributed by atoms with Gasteiger partial charge in [0.05, 0.1) is 18.2 Å². The van der Waals surface area contributed by atoms with Gasteiger partial charge in [-0.15, -0.1) is 0 Å². The van der Waals surface area contributed by atoms with Crippen LogP contribution in [0.1, 0.15) is 38.7 Å². The Morgan fingerprint density at radius 3 is 2.64 bits per heavy atom. The molecule has 0 aliphatic carbocycles. The number of aromatic nitrogens is 1. The van der Waals surface area contributed by atoms with E-state index in [2.05, 4.69) is 22.0 Å². The van der Waals surface area contributed by atoms with Gasteiger partial charge in [-0.05, 0) is 43.9 Å². The summed E-state index contributed by atoms with van der Waals surface area (Å²) in [5.41, 5.74) is 0.0400. The highest BCUT2D eigenvalue weighted by Crippen LogP contribution is 2.40. The topological polar surface area (TPSA) is 65.9 Å². The fourth-order valence-electron chi connectivity index (χ4n) is 4.01. The van der Waals surface area contributed by atoms with Gasteiger partial charge in [0.15, 0.2) is 0 Å². The van der Waals surface area contributed by atoms with Gasteiger partial charge in [-0.3, -0.25) is 14.7 Å². The Morgan fingerprint density at radius 1 is 1.40 bits per heavy atom. The molecule has 138 valence electrons. The Hall–Kier alpha value is -1.50. The van der Waals surface area contributed by atoms with Crippen molar-refractivity contribution in [3.63, 3.8) is 0 Å². The van der Waals surface area contributed by atoms with E-state index in [-0.39, 0.29) is 24.2 Å². The summed E-state index contributed by atoms with van der Waals surface area (Å²) in [5.74, 6) is -0.0163. The second-order valence-electron chi connectivity index (χ2n) is 7.81. The summed E-state index contributed by atoms with van der Waals surface area (Å²) >= 11 is 0. The summed E-state index contributed by atoms with van der Waals surface area (Å²) in [7, 11) is 1.78. The SMILES string of the molecule is CC(=O)N(C)[C@H]1CC2(CCN(Cc3ccncc3)CC2)OC[C@]1(C)O. The minimum Gasteiger partial charge on any atom is -0.386 e. The van der Waals surface area contributed by atoms with Crippen molar-refractivity contribution in [2.75, 3.05) is 26.7 Å². The van der Waals surface area contributed by atoms with Crippen molar-refractivity contribution in [1.82, 2.24) is 14.8 Å². The average molecular weight is 347 g/mol. The highest BCUT2D eigenvalue weighted by Gasteiger charge is 2.50. The van der Waals surface area contributed by atoms with E-state index in [0.717, 1.165) is 32.5 Å². The summed E-state index contributed by atoms with van der Waals surface area (Å²) in [6, 6.07) is 3.90. The van der Waals surface area contributed by atoms with Crippen LogP contribution in [-0.2, 0) is 16.1 Å². The molecule has 3 rings (SSSR count). The Kier molecular flexibility index (Phi) is 5.14. The van der Waals surface area contributed by atoms with Crippen LogP contribution in [0.2, 0.25) is 0 Å². The molecule has 2 aliphatic rings. The molecule has 1 aromatic heterocycles. The number of hydrogen-bond donors (Lipinski definition) is 1. The van der Waals surface area contributed by atoms with E-state index in [9.17, 15) is 9.90 Å². The quantitative estimate of drug-likeness (QED) is 0.896. The number of carbonyl (C=O) groups excluding carboxylic acids is 1. The monoisotopic (exact) mass is 347 g/mol. The van der Waals surface area contributed by atoms with E-state index in [0.29, 0.717) is 6.42 Å². The fourth-order valence-corrected chi connectivity index (χ4v) is 4.01. The van der Waals surface area contributed by atoms with Crippen LogP contribution in [0.5, 0.6) is 0 Å². The number of nitrogens with zero attached hydrogens (tertiary/aromatic N) is 3. The highest BCUT2D eigenvalue weighted by atomic mass is 16.5. The maximum atomic E-state index is 11.8. The van der Waals surface area contributed by atoms with Gasteiger partial charge in [0.25, 0.3) is 0 Å². The number of piperidine rings is 1. The number of likely N-dealkylation sites (tertiary alicyclic amines) is 1. The van der Waals surface area contributed by atoms with Crippen molar-refractivity contribution in [1.29, 1.82) is 0 Å². The molecule has 0 radical (unpaired) electrons. The van der Waals surface area contributed by atoms with Crippen LogP contribution in [-0.4, -0.2) is 69.8 Å². The smallest absolute Gasteiger partial charge is 0.219 e. The van der Waals surface area contributed by atoms with Gasteiger partial charge in [-0.2, -0.15) is 0 Å². The van der Waals surface area contributed by atoms with Gasteiger partial charge in [0.2, 0.25) is 5.91 Å². The van der Waals surface area contributed by atoms with Crippen molar-refractivity contribution in [3.8, 4) is 0 Å². The first-order chi connectivity index (χ1) is 11.8. The predicted octanol–water partition coefficient (Wildman–Crippen LogP) is 1.43. The van der Waals surface area contributed by atoms with Crippen molar-refractivity contribution < 1.29 is 14.6 Å². The van der Waals surface area contributed by atoms with Crippen molar-refractivity contribution in [3.05, 3.63) is 30.1 Å². The van der Waals surface area contributed by atoms with Crippen LogP contribution < -0.4 is 0 Å². The normalized spacial score (nSPS) is 29.5. The first kappa shape index (κ1) is 18.3. The highest BCUT2D eigenvalue weighted by molar-refractivity contribution is 5.73. The van der Waals surface area contributed by atoms with Crippen LogP contribution in [0, 0.1) is 0 Å². The van der Waals surface area contributed by atoms with Gasteiger partial charge in [0, 0.05) is 46.0 Å². The molecule has 25 heavy (non-hydrogen) atoms. The molecule has 0 saturated carbocycles. The molecular weight excluding hydrogens is 318 g/mol. The largest absolute Gasteiger partial charge is 0.386 e. The number of ether oxygens (including phenoxy) is 1. The first-order valence-electron chi connectivity index (χ1n) is 9.02. The minimum atomic E-state index is -1.00. The molecule has 1 amide bonds. The summed E-state index contributed by atoms with van der Waals surface area (Å²) < 4.78 is 6.16. The molecule has 3 heterocycles. The van der Waals surface area contributed by atoms with Gasteiger partial charge in [-0.1, -0.05) is 0 Å². The Labute approximate surface area is 149 Å². The zero-order valence-corrected chi connectivity index (χ0v) is 15.4. The van der Waals surface area contributed by atoms with Crippen molar-refractivity contribution >= 4 is 5.91 Å². The molecule has 6 nitrogen and oxygen atoms in total. The molecule has 0 bridgehead atoms. The number of pyridine rings is 1. The number of rotatable bonds is 3. The molecule has 2 fully saturated rings. The van der Waals surface area contributed by atoms with Gasteiger partial charge < -0.3 is 14.7 Å². The van der Waals surface area contributed by atoms with Crippen LogP contribution in [0.4, 0.5) is 0 Å². The second-order valence-corrected chi connectivity index (χ2v) is 7.81. The molecule has 1 aromatic rings. The average Bonchev–Trinajstić information content (AvgIpc) is 2.60. The lowest BCUT2D eigenvalue weighted by Gasteiger charge is -2.52. The van der Waals surface area contributed by atoms with Crippen LogP contribution in [0.15, 0.2) is 24.5 Å². The predicted molar refractivity (Wildman–Crippen MR) is 94.9 cm³/mol. The molecule has 2 aliphatic heterocycles. The number of amides is 1. The fraction of sp³-hybridized carbons (Fsp3) is 0.684. The number of likely N-dealkylation sites (N-methyl/N-ethyl adjacent to an activating group) is 1. The lowest BCUT2D eigenvalue weighted by molar-refractivity contribution is -0.209. The van der Waals surface area contributed by atoms with E-state index >= 15 is 0 Å². The maximum absolute atomic E-state index is 11.8. The van der Waals surface area contributed by atoms with Crippen LogP contribution in [0.25, 0.3) is 0 Å². The third kappa shape index (κ3) is 4.02. The number of hydrogen-bond acceptors (Lipinski definition) is 5. The molecule has 2 atom stereocenters. The van der Waals surface area contributed by atoms with E-state index in [1.807, 2.05) is 12.4 Å². The number of carbonyl (C=O) groups is 1. The van der Waals surface area contributed by atoms with Gasteiger partial charge >= 0.3 is 0 Å². The molecule has 1 spiro atoms. The van der Waals surface area contributed by atoms with E-state index in [1.165, 1.54) is 5.56 Å². The van der Waals surface area contributed by atoms with E-state index in [1.54, 1.807) is 25.8 Å². The summed E-state index contributed by atoms with van der Waals surface area (Å²) in [4.78, 5) is 20.0. The third-order valence-corrected chi connectivity index (χ3v) is 5.84. The molecule has 6 heteroatoms. The molecule has 1 N–H and O–H groups in total. The van der Waals surface area contributed by atoms with Gasteiger partial charge in [-0.25, -0.2) is 0 Å². The number of aliphatic hydroxyl groups is 1. The standard InChI is InChI=1S/C19H29N3O3/c1-15(23)21(3)17-12-19(25-14-18(17,2)24)6-10-22(11-7-19)13-16-4-8-20-9-5-16/h4-5,8-9,17,24H,6-7,10-14H2,1-3H3/t17-,18-/m0/s1. The van der Waals surface area contributed by atoms with E-state index in [4.69, 9.17) is 4.74 Å². The van der Waals surface area contributed by atoms with Crippen molar-refractivity contribution in [2.45, 2.75) is 56.9 Å². The lowest BCUT2D eigenvalue weighted by atomic mass is 9.77. The minimum absolute atomic E-state index is 0.0163. The zero-order valence-electron chi connectivity index (χ0n) is 15.4. The van der Waals surface area contributed by atoms with Gasteiger partial charge in [0.1, 0.15) is 5.60 Å². The maximum Gasteiger partial charge on any atom is 0.219 e. The zero-order chi connectivity index (χ0) is 18.1. The molecule has 0 aromatic carbocycles. The Morgan fingerprint density at radius 2 is 2.04 bits per heavy atom. The van der Waals surface area contributed by atoms with Crippen molar-refractivity contribution in [2.24, 2.45) is 0 Å². The second kappa shape index (κ2) is 7.02. The summed E-state index contributed by atoms with van der Waals surface area (Å²) in [5, 5.41) is 10.7. The van der Waals surface area contributed by atoms with Crippen LogP contribution in [0.3, 0.4) is 0 Å². The summed E-state index contributed by atoms with van der Waals surface area (Å²) in [6.45, 7) is 6.44. The molecule has 0 unspecified atom stereocenters. The molecule has 2 saturated heterocycles. The Bertz CT molecular complexity index is 597. The van der Waals surface area contributed by atoms with Crippen LogP contribution >= 0.6 is 0 Å². The third-order valence-electron chi connectivity index (χ3n) is 5.84. The molecular formula is C19H29N3O3. The lowest BCUT2D eigenvalue weighted by Crippen LogP contribution is -2.63. The summed E-state index contributed by atoms with van der Waals surface area (Å²) in [6.07, 6.45) is 6.20. The van der Waals surface area contributed by atoms with E-state index < -0.39 is 5.60 Å².